The monoisotopic (exact) mass is 468 g/mol. The molecule has 0 radical (unpaired) electrons. The Kier molecular flexibility index (Phi) is 6.10. The third kappa shape index (κ3) is 3.90. The van der Waals surface area contributed by atoms with Gasteiger partial charge in [-0.05, 0) is 0 Å². The van der Waals surface area contributed by atoms with E-state index < -0.39 is 21.3 Å². The molecule has 1 heteroatoms. The van der Waals surface area contributed by atoms with Gasteiger partial charge in [-0.15, -0.1) is 0 Å². The number of allylic oxidation sites excluding steroid dienone is 8. The van der Waals surface area contributed by atoms with Gasteiger partial charge in [0.1, 0.15) is 0 Å². The van der Waals surface area contributed by atoms with Crippen LogP contribution in [-0.4, -0.2) is 3.21 Å². The Balaban J connectivity index is 1.76. The molecule has 5 rings (SSSR count). The molecule has 0 aliphatic heterocycles. The zero-order chi connectivity index (χ0) is 20.3. The second kappa shape index (κ2) is 9.11. The summed E-state index contributed by atoms with van der Waals surface area (Å²) in [6.45, 7) is 2.30. The van der Waals surface area contributed by atoms with Crippen molar-refractivity contribution < 1.29 is 21.3 Å². The van der Waals surface area contributed by atoms with Crippen molar-refractivity contribution in [3.63, 3.8) is 0 Å². The Labute approximate surface area is 188 Å². The minimum absolute atomic E-state index is 0.689. The van der Waals surface area contributed by atoms with E-state index in [0.717, 1.165) is 6.42 Å². The molecule has 0 aromatic heterocycles. The van der Waals surface area contributed by atoms with E-state index in [0.29, 0.717) is 3.63 Å². The Bertz CT molecular complexity index is 1040. The van der Waals surface area contributed by atoms with Crippen molar-refractivity contribution in [3.05, 3.63) is 116 Å². The van der Waals surface area contributed by atoms with Crippen molar-refractivity contribution in [1.82, 2.24) is 0 Å². The van der Waals surface area contributed by atoms with Crippen molar-refractivity contribution >= 4 is 3.21 Å². The van der Waals surface area contributed by atoms with Crippen LogP contribution in [0.3, 0.4) is 0 Å². The molecule has 0 fully saturated rings. The molecule has 150 valence electrons. The summed E-state index contributed by atoms with van der Waals surface area (Å²) >= 11 is -2.25. The van der Waals surface area contributed by atoms with Gasteiger partial charge in [0.25, 0.3) is 0 Å². The fourth-order valence-electron chi connectivity index (χ4n) is 5.32. The van der Waals surface area contributed by atoms with Gasteiger partial charge < -0.3 is 0 Å². The summed E-state index contributed by atoms with van der Waals surface area (Å²) in [6, 6.07) is 22.6. The summed E-state index contributed by atoms with van der Waals surface area (Å²) in [7, 11) is 0. The number of hydrogen-bond acceptors (Lipinski definition) is 0. The van der Waals surface area contributed by atoms with Gasteiger partial charge in [0.05, 0.1) is 0 Å². The summed E-state index contributed by atoms with van der Waals surface area (Å²) in [4.78, 5) is 0. The first-order valence-electron chi connectivity index (χ1n) is 11.5. The van der Waals surface area contributed by atoms with E-state index in [9.17, 15) is 0 Å². The molecule has 2 aromatic rings. The predicted octanol–water partition coefficient (Wildman–Crippen LogP) is 7.73. The molecule has 0 N–H and O–H groups in total. The van der Waals surface area contributed by atoms with E-state index in [1.807, 2.05) is 0 Å². The standard InChI is InChI=1S/C13H10.C9H11.C7H9.Zr/c1-3-7-12(8-4-1)11-13-9-5-2-6-10-13;1-2-5-9-7-3-6-8(9)4-1;1-2-7-5-3-4-6-7;/h1-10H;3,6-7H,1-2,4-5H2;5-6H,2-3H2,1H3;. The number of benzene rings is 2. The Morgan fingerprint density at radius 2 is 1.57 bits per heavy atom. The third-order valence-corrected chi connectivity index (χ3v) is 15.0. The molecular weight excluding hydrogens is 440 g/mol. The van der Waals surface area contributed by atoms with E-state index in [2.05, 4.69) is 91.9 Å². The maximum atomic E-state index is 2.61. The first-order chi connectivity index (χ1) is 14.8. The Morgan fingerprint density at radius 1 is 0.900 bits per heavy atom. The molecule has 1 atom stereocenters. The topological polar surface area (TPSA) is 0 Å². The second-order valence-electron chi connectivity index (χ2n) is 8.62. The Hall–Kier alpha value is -1.85. The summed E-state index contributed by atoms with van der Waals surface area (Å²) in [6.07, 6.45) is 17.9. The van der Waals surface area contributed by atoms with Gasteiger partial charge in [-0.3, -0.25) is 0 Å². The van der Waals surface area contributed by atoms with Crippen LogP contribution in [0.15, 0.2) is 105 Å². The second-order valence-corrected chi connectivity index (χ2v) is 15.0. The average Bonchev–Trinajstić information content (AvgIpc) is 3.46. The third-order valence-electron chi connectivity index (χ3n) is 6.82. The van der Waals surface area contributed by atoms with Gasteiger partial charge in [-0.2, -0.15) is 0 Å². The maximum absolute atomic E-state index is 2.61. The van der Waals surface area contributed by atoms with Crippen LogP contribution in [0.2, 0.25) is 3.63 Å². The van der Waals surface area contributed by atoms with E-state index in [1.165, 1.54) is 43.2 Å². The average molecular weight is 470 g/mol. The molecule has 0 amide bonds. The molecule has 0 saturated carbocycles. The number of hydrogen-bond donors (Lipinski definition) is 0. The van der Waals surface area contributed by atoms with E-state index >= 15 is 0 Å². The molecule has 3 aliphatic rings. The van der Waals surface area contributed by atoms with Crippen molar-refractivity contribution in [3.8, 4) is 0 Å². The van der Waals surface area contributed by atoms with E-state index in [4.69, 9.17) is 0 Å². The SMILES string of the molecule is CCC1=CC[C]([Zr](=[C](c2ccccc2)c2ccccc2)[CH]2C=CC3=C2CCCC3)=C1. The fraction of sp³-hybridized carbons (Fsp3) is 0.276. The van der Waals surface area contributed by atoms with Crippen LogP contribution in [0.25, 0.3) is 0 Å². The molecule has 2 aromatic carbocycles. The molecule has 1 unspecified atom stereocenters. The van der Waals surface area contributed by atoms with Gasteiger partial charge in [0.15, 0.2) is 0 Å². The predicted molar refractivity (Wildman–Crippen MR) is 126 cm³/mol. The molecule has 30 heavy (non-hydrogen) atoms. The summed E-state index contributed by atoms with van der Waals surface area (Å²) in [5.41, 5.74) is 7.91. The van der Waals surface area contributed by atoms with Gasteiger partial charge in [0.2, 0.25) is 0 Å². The molecule has 0 nitrogen and oxygen atoms in total. The zero-order valence-corrected chi connectivity index (χ0v) is 20.4. The van der Waals surface area contributed by atoms with Crippen LogP contribution in [0, 0.1) is 0 Å². The van der Waals surface area contributed by atoms with Crippen molar-refractivity contribution in [2.75, 3.05) is 0 Å². The van der Waals surface area contributed by atoms with E-state index in [-0.39, 0.29) is 0 Å². The normalized spacial score (nSPS) is 20.1. The summed E-state index contributed by atoms with van der Waals surface area (Å²) < 4.78 is 4.16. The minimum atomic E-state index is -2.25. The van der Waals surface area contributed by atoms with Crippen molar-refractivity contribution in [2.24, 2.45) is 0 Å². The first kappa shape index (κ1) is 20.1. The van der Waals surface area contributed by atoms with Gasteiger partial charge >= 0.3 is 190 Å². The van der Waals surface area contributed by atoms with Crippen LogP contribution in [0.5, 0.6) is 0 Å². The van der Waals surface area contributed by atoms with Crippen molar-refractivity contribution in [1.29, 1.82) is 0 Å². The van der Waals surface area contributed by atoms with Gasteiger partial charge in [0, 0.05) is 0 Å². The van der Waals surface area contributed by atoms with Gasteiger partial charge in [-0.1, -0.05) is 0 Å². The number of rotatable bonds is 5. The van der Waals surface area contributed by atoms with Crippen molar-refractivity contribution in [2.45, 2.75) is 49.1 Å². The van der Waals surface area contributed by atoms with Crippen LogP contribution in [0.1, 0.15) is 56.6 Å². The molecule has 0 spiro atoms. The summed E-state index contributed by atoms with van der Waals surface area (Å²) in [5.74, 6) is 0. The van der Waals surface area contributed by atoms with Crippen LogP contribution < -0.4 is 0 Å². The summed E-state index contributed by atoms with van der Waals surface area (Å²) in [5, 5.41) is 0. The van der Waals surface area contributed by atoms with E-state index in [1.54, 1.807) is 23.2 Å². The van der Waals surface area contributed by atoms with Crippen LogP contribution >= 0.6 is 0 Å². The molecule has 0 heterocycles. The molecule has 3 aliphatic carbocycles. The van der Waals surface area contributed by atoms with Crippen LogP contribution in [-0.2, 0) is 21.3 Å². The zero-order valence-electron chi connectivity index (χ0n) is 17.9. The fourth-order valence-corrected chi connectivity index (χ4v) is 14.2. The first-order valence-corrected chi connectivity index (χ1v) is 15.4. The quantitative estimate of drug-likeness (QED) is 0.420. The molecular formula is C29H30Zr. The molecule has 0 saturated heterocycles. The molecule has 0 bridgehead atoms. The Morgan fingerprint density at radius 3 is 2.20 bits per heavy atom. The van der Waals surface area contributed by atoms with Gasteiger partial charge in [-0.25, -0.2) is 0 Å². The van der Waals surface area contributed by atoms with Crippen LogP contribution in [0.4, 0.5) is 0 Å².